The van der Waals surface area contributed by atoms with E-state index in [0.29, 0.717) is 32.6 Å². The first kappa shape index (κ1) is 14.9. The van der Waals surface area contributed by atoms with Crippen molar-refractivity contribution in [2.24, 2.45) is 11.1 Å². The monoisotopic (exact) mass is 263 g/mol. The van der Waals surface area contributed by atoms with Crippen molar-refractivity contribution < 1.29 is 8.42 Å². The van der Waals surface area contributed by atoms with E-state index in [9.17, 15) is 8.42 Å². The lowest BCUT2D eigenvalue weighted by Gasteiger charge is -2.38. The molecule has 1 aliphatic heterocycles. The van der Waals surface area contributed by atoms with Crippen LogP contribution in [0.15, 0.2) is 0 Å². The van der Waals surface area contributed by atoms with Crippen molar-refractivity contribution in [1.29, 1.82) is 0 Å². The topological polar surface area (TPSA) is 66.6 Å². The molecular formula is C11H25N3O2S. The molecule has 1 saturated heterocycles. The molecule has 5 nitrogen and oxygen atoms in total. The van der Waals surface area contributed by atoms with Gasteiger partial charge in [0.25, 0.3) is 10.2 Å². The summed E-state index contributed by atoms with van der Waals surface area (Å²) in [5.74, 6) is 0. The second-order valence-corrected chi connectivity index (χ2v) is 7.61. The standard InChI is InChI=1S/C11H25N3O2S/c1-11(2)6-4-9-14(10-11)17(15,16)13(3)8-5-7-12/h4-10,12H2,1-3H3. The molecule has 2 N–H and O–H groups in total. The smallest absolute Gasteiger partial charge is 0.281 e. The fraction of sp³-hybridized carbons (Fsp3) is 1.00. The third-order valence-corrected chi connectivity index (χ3v) is 5.20. The molecule has 0 spiro atoms. The predicted octanol–water partition coefficient (Wildman–Crippen LogP) is 0.634. The number of rotatable bonds is 5. The summed E-state index contributed by atoms with van der Waals surface area (Å²) in [6, 6.07) is 0. The SMILES string of the molecule is CN(CCCN)S(=O)(=O)N1CCCC(C)(C)C1. The zero-order valence-electron chi connectivity index (χ0n) is 11.1. The molecule has 0 saturated carbocycles. The van der Waals surface area contributed by atoms with Crippen LogP contribution in [0.3, 0.4) is 0 Å². The molecule has 1 heterocycles. The first-order valence-electron chi connectivity index (χ1n) is 6.21. The molecule has 6 heteroatoms. The average Bonchev–Trinajstić information content (AvgIpc) is 2.24. The third-order valence-electron chi connectivity index (χ3n) is 3.26. The van der Waals surface area contributed by atoms with E-state index in [1.165, 1.54) is 4.31 Å². The van der Waals surface area contributed by atoms with Crippen molar-refractivity contribution in [1.82, 2.24) is 8.61 Å². The fourth-order valence-electron chi connectivity index (χ4n) is 2.19. The van der Waals surface area contributed by atoms with Crippen LogP contribution in [0.2, 0.25) is 0 Å². The van der Waals surface area contributed by atoms with E-state index in [1.54, 1.807) is 11.4 Å². The summed E-state index contributed by atoms with van der Waals surface area (Å²) >= 11 is 0. The molecule has 0 bridgehead atoms. The highest BCUT2D eigenvalue weighted by molar-refractivity contribution is 7.86. The first-order chi connectivity index (χ1) is 7.79. The van der Waals surface area contributed by atoms with Crippen molar-refractivity contribution in [2.45, 2.75) is 33.1 Å². The molecule has 0 unspecified atom stereocenters. The van der Waals surface area contributed by atoms with Gasteiger partial charge in [-0.05, 0) is 31.2 Å². The molecule has 17 heavy (non-hydrogen) atoms. The van der Waals surface area contributed by atoms with Crippen LogP contribution in [0.4, 0.5) is 0 Å². The largest absolute Gasteiger partial charge is 0.330 e. The summed E-state index contributed by atoms with van der Waals surface area (Å²) in [6.45, 7) is 6.51. The molecule has 0 aromatic rings. The summed E-state index contributed by atoms with van der Waals surface area (Å²) < 4.78 is 27.6. The predicted molar refractivity (Wildman–Crippen MR) is 69.8 cm³/mol. The van der Waals surface area contributed by atoms with E-state index < -0.39 is 10.2 Å². The van der Waals surface area contributed by atoms with Crippen molar-refractivity contribution in [2.75, 3.05) is 33.2 Å². The van der Waals surface area contributed by atoms with Gasteiger partial charge in [0.15, 0.2) is 0 Å². The van der Waals surface area contributed by atoms with Gasteiger partial charge in [-0.15, -0.1) is 0 Å². The molecule has 0 aliphatic carbocycles. The van der Waals surface area contributed by atoms with Gasteiger partial charge in [-0.2, -0.15) is 17.0 Å². The molecule has 0 amide bonds. The summed E-state index contributed by atoms with van der Waals surface area (Å²) in [5.41, 5.74) is 5.49. The van der Waals surface area contributed by atoms with E-state index in [0.717, 1.165) is 12.8 Å². The Labute approximate surface area is 105 Å². The normalized spacial score (nSPS) is 21.9. The van der Waals surface area contributed by atoms with Crippen LogP contribution in [0, 0.1) is 5.41 Å². The molecule has 0 aromatic heterocycles. The molecule has 1 rings (SSSR count). The summed E-state index contributed by atoms with van der Waals surface area (Å²) in [7, 11) is -1.66. The summed E-state index contributed by atoms with van der Waals surface area (Å²) in [5, 5.41) is 0. The second-order valence-electron chi connectivity index (χ2n) is 5.57. The minimum atomic E-state index is -3.29. The van der Waals surface area contributed by atoms with Crippen LogP contribution in [0.5, 0.6) is 0 Å². The Morgan fingerprint density at radius 1 is 1.41 bits per heavy atom. The van der Waals surface area contributed by atoms with Crippen LogP contribution in [-0.2, 0) is 10.2 Å². The van der Waals surface area contributed by atoms with E-state index in [2.05, 4.69) is 13.8 Å². The quantitative estimate of drug-likeness (QED) is 0.791. The van der Waals surface area contributed by atoms with Gasteiger partial charge >= 0.3 is 0 Å². The first-order valence-corrected chi connectivity index (χ1v) is 7.61. The van der Waals surface area contributed by atoms with Crippen LogP contribution in [-0.4, -0.2) is 50.3 Å². The Hall–Kier alpha value is -0.170. The minimum absolute atomic E-state index is 0.0834. The van der Waals surface area contributed by atoms with Gasteiger partial charge in [0.2, 0.25) is 0 Å². The maximum absolute atomic E-state index is 12.3. The van der Waals surface area contributed by atoms with Crippen molar-refractivity contribution in [3.63, 3.8) is 0 Å². The van der Waals surface area contributed by atoms with Gasteiger partial charge in [-0.3, -0.25) is 0 Å². The number of piperidine rings is 1. The highest BCUT2D eigenvalue weighted by atomic mass is 32.2. The van der Waals surface area contributed by atoms with Gasteiger partial charge in [0.1, 0.15) is 0 Å². The third kappa shape index (κ3) is 3.91. The van der Waals surface area contributed by atoms with Crippen molar-refractivity contribution in [3.8, 4) is 0 Å². The van der Waals surface area contributed by atoms with Crippen LogP contribution in [0.25, 0.3) is 0 Å². The van der Waals surface area contributed by atoms with Gasteiger partial charge in [-0.1, -0.05) is 13.8 Å². The molecular weight excluding hydrogens is 238 g/mol. The maximum atomic E-state index is 12.3. The Kier molecular flexibility index (Phi) is 4.95. The number of hydrogen-bond acceptors (Lipinski definition) is 3. The lowest BCUT2D eigenvalue weighted by Crippen LogP contribution is -2.49. The lowest BCUT2D eigenvalue weighted by atomic mass is 9.85. The van der Waals surface area contributed by atoms with E-state index in [-0.39, 0.29) is 5.41 Å². The zero-order chi connectivity index (χ0) is 13.1. The minimum Gasteiger partial charge on any atom is -0.330 e. The Bertz CT molecular complexity index is 341. The molecule has 1 aliphatic rings. The Morgan fingerprint density at radius 2 is 2.06 bits per heavy atom. The van der Waals surface area contributed by atoms with Gasteiger partial charge < -0.3 is 5.73 Å². The molecule has 102 valence electrons. The maximum Gasteiger partial charge on any atom is 0.281 e. The number of nitrogens with zero attached hydrogens (tertiary/aromatic N) is 2. The average molecular weight is 263 g/mol. The van der Waals surface area contributed by atoms with Crippen molar-refractivity contribution in [3.05, 3.63) is 0 Å². The van der Waals surface area contributed by atoms with Gasteiger partial charge in [0.05, 0.1) is 0 Å². The van der Waals surface area contributed by atoms with E-state index in [1.807, 2.05) is 0 Å². The van der Waals surface area contributed by atoms with Gasteiger partial charge in [0, 0.05) is 26.7 Å². The van der Waals surface area contributed by atoms with Gasteiger partial charge in [-0.25, -0.2) is 0 Å². The molecule has 0 aromatic carbocycles. The number of hydrogen-bond donors (Lipinski definition) is 1. The highest BCUT2D eigenvalue weighted by Crippen LogP contribution is 2.30. The lowest BCUT2D eigenvalue weighted by molar-refractivity contribution is 0.179. The van der Waals surface area contributed by atoms with Crippen LogP contribution in [0.1, 0.15) is 33.1 Å². The van der Waals surface area contributed by atoms with Crippen LogP contribution < -0.4 is 5.73 Å². The van der Waals surface area contributed by atoms with Crippen LogP contribution >= 0.6 is 0 Å². The second kappa shape index (κ2) is 5.65. The number of nitrogens with two attached hydrogens (primary N) is 1. The molecule has 0 radical (unpaired) electrons. The summed E-state index contributed by atoms with van der Waals surface area (Å²) in [6.07, 6.45) is 2.73. The highest BCUT2D eigenvalue weighted by Gasteiger charge is 2.34. The fourth-order valence-corrected chi connectivity index (χ4v) is 3.82. The summed E-state index contributed by atoms with van der Waals surface area (Å²) in [4.78, 5) is 0. The van der Waals surface area contributed by atoms with Crippen molar-refractivity contribution >= 4 is 10.2 Å². The van der Waals surface area contributed by atoms with E-state index >= 15 is 0 Å². The van der Waals surface area contributed by atoms with E-state index in [4.69, 9.17) is 5.73 Å². The zero-order valence-corrected chi connectivity index (χ0v) is 12.0. The molecule has 0 atom stereocenters. The molecule has 1 fully saturated rings. The Morgan fingerprint density at radius 3 is 2.59 bits per heavy atom. The Balaban J connectivity index is 2.69.